The molecule has 0 radical (unpaired) electrons. The van der Waals surface area contributed by atoms with E-state index >= 15 is 0 Å². The Hall–Kier alpha value is -1.66. The molecule has 126 valence electrons. The predicted molar refractivity (Wildman–Crippen MR) is 88.3 cm³/mol. The normalized spacial score (nSPS) is 9.64. The number of nitrogens with two attached hydrogens (primary N) is 1. The molecule has 0 heterocycles. The van der Waals surface area contributed by atoms with E-state index in [1.807, 2.05) is 12.1 Å². The van der Waals surface area contributed by atoms with Crippen LogP contribution in [0, 0.1) is 0 Å². The van der Waals surface area contributed by atoms with Crippen LogP contribution in [-0.2, 0) is 11.2 Å². The molecule has 0 saturated heterocycles. The van der Waals surface area contributed by atoms with Crippen molar-refractivity contribution in [3.63, 3.8) is 0 Å². The van der Waals surface area contributed by atoms with Crippen molar-refractivity contribution >= 4 is 18.3 Å². The molecule has 1 aromatic rings. The van der Waals surface area contributed by atoms with Crippen LogP contribution in [0.1, 0.15) is 18.4 Å². The molecule has 7 heteroatoms. The molecule has 22 heavy (non-hydrogen) atoms. The smallest absolute Gasteiger partial charge is 0.220 e. The Morgan fingerprint density at radius 2 is 1.82 bits per heavy atom. The van der Waals surface area contributed by atoms with Gasteiger partial charge in [0.15, 0.2) is 11.5 Å². The first-order chi connectivity index (χ1) is 10.2. The second-order valence-corrected chi connectivity index (χ2v) is 4.49. The predicted octanol–water partition coefficient (Wildman–Crippen LogP) is 1.53. The second kappa shape index (κ2) is 11.0. The van der Waals surface area contributed by atoms with Crippen molar-refractivity contribution in [2.45, 2.75) is 19.3 Å². The van der Waals surface area contributed by atoms with E-state index in [9.17, 15) is 4.79 Å². The first kappa shape index (κ1) is 20.3. The number of halogens is 1. The number of nitrogens with one attached hydrogen (secondary N) is 1. The maximum Gasteiger partial charge on any atom is 0.220 e. The molecule has 0 aliphatic heterocycles. The Kier molecular flexibility index (Phi) is 10.2. The van der Waals surface area contributed by atoms with Gasteiger partial charge in [0, 0.05) is 13.0 Å². The van der Waals surface area contributed by atoms with E-state index < -0.39 is 0 Å². The zero-order chi connectivity index (χ0) is 15.7. The number of ether oxygens (including phenoxy) is 3. The van der Waals surface area contributed by atoms with Crippen LogP contribution in [0.3, 0.4) is 0 Å². The first-order valence-corrected chi connectivity index (χ1v) is 6.92. The number of amides is 1. The van der Waals surface area contributed by atoms with Crippen molar-refractivity contribution in [2.75, 3.05) is 34.4 Å². The van der Waals surface area contributed by atoms with Crippen molar-refractivity contribution < 1.29 is 19.0 Å². The summed E-state index contributed by atoms with van der Waals surface area (Å²) < 4.78 is 15.9. The van der Waals surface area contributed by atoms with Crippen molar-refractivity contribution in [3.8, 4) is 17.2 Å². The van der Waals surface area contributed by atoms with Gasteiger partial charge in [0.05, 0.1) is 21.3 Å². The highest BCUT2D eigenvalue weighted by Crippen LogP contribution is 2.40. The quantitative estimate of drug-likeness (QED) is 0.670. The van der Waals surface area contributed by atoms with E-state index in [0.717, 1.165) is 12.0 Å². The minimum atomic E-state index is 0. The lowest BCUT2D eigenvalue weighted by Crippen LogP contribution is -2.26. The van der Waals surface area contributed by atoms with Crippen LogP contribution in [0.4, 0.5) is 0 Å². The number of carbonyl (C=O) groups excluding carboxylic acids is 1. The van der Waals surface area contributed by atoms with Gasteiger partial charge in [-0.05, 0) is 31.0 Å². The van der Waals surface area contributed by atoms with Crippen LogP contribution >= 0.6 is 12.4 Å². The van der Waals surface area contributed by atoms with Gasteiger partial charge in [0.2, 0.25) is 11.7 Å². The highest BCUT2D eigenvalue weighted by molar-refractivity contribution is 5.85. The van der Waals surface area contributed by atoms with E-state index in [1.165, 1.54) is 0 Å². The average molecular weight is 333 g/mol. The van der Waals surface area contributed by atoms with E-state index in [-0.39, 0.29) is 18.3 Å². The molecule has 6 nitrogen and oxygen atoms in total. The van der Waals surface area contributed by atoms with Crippen LogP contribution in [0.2, 0.25) is 0 Å². The minimum Gasteiger partial charge on any atom is -0.493 e. The molecule has 1 amide bonds. The zero-order valence-corrected chi connectivity index (χ0v) is 14.1. The summed E-state index contributed by atoms with van der Waals surface area (Å²) in [5.74, 6) is 1.75. The third-order valence-electron chi connectivity index (χ3n) is 3.11. The monoisotopic (exact) mass is 332 g/mol. The highest BCUT2D eigenvalue weighted by atomic mass is 35.5. The lowest BCUT2D eigenvalue weighted by molar-refractivity contribution is -0.121. The molecule has 0 bridgehead atoms. The third kappa shape index (κ3) is 5.61. The summed E-state index contributed by atoms with van der Waals surface area (Å²) in [6.45, 7) is 1.18. The number of methoxy groups -OCH3 is 3. The summed E-state index contributed by atoms with van der Waals surface area (Å²) >= 11 is 0. The summed E-state index contributed by atoms with van der Waals surface area (Å²) in [4.78, 5) is 11.7. The summed E-state index contributed by atoms with van der Waals surface area (Å²) in [5, 5.41) is 2.83. The fourth-order valence-electron chi connectivity index (χ4n) is 2.03. The van der Waals surface area contributed by atoms with E-state index in [2.05, 4.69) is 5.32 Å². The molecule has 0 aromatic heterocycles. The third-order valence-corrected chi connectivity index (χ3v) is 3.11. The molecule has 0 aliphatic carbocycles. The number of aryl methyl sites for hydroxylation is 1. The molecule has 0 unspecified atom stereocenters. The summed E-state index contributed by atoms with van der Waals surface area (Å²) in [6, 6.07) is 3.69. The maximum atomic E-state index is 11.7. The van der Waals surface area contributed by atoms with Crippen LogP contribution in [0.5, 0.6) is 17.2 Å². The number of benzene rings is 1. The lowest BCUT2D eigenvalue weighted by Gasteiger charge is -2.15. The average Bonchev–Trinajstić information content (AvgIpc) is 2.51. The highest BCUT2D eigenvalue weighted by Gasteiger charge is 2.16. The molecular formula is C15H25ClN2O4. The Balaban J connectivity index is 0.00000441. The molecule has 3 N–H and O–H groups in total. The fraction of sp³-hybridized carbons (Fsp3) is 0.533. The van der Waals surface area contributed by atoms with E-state index in [1.54, 1.807) is 21.3 Å². The summed E-state index contributed by atoms with van der Waals surface area (Å²) in [5.41, 5.74) is 6.29. The van der Waals surface area contributed by atoms with Gasteiger partial charge < -0.3 is 25.3 Å². The van der Waals surface area contributed by atoms with Crippen molar-refractivity contribution in [1.82, 2.24) is 5.32 Å². The van der Waals surface area contributed by atoms with Gasteiger partial charge in [-0.3, -0.25) is 4.79 Å². The van der Waals surface area contributed by atoms with Crippen molar-refractivity contribution in [1.29, 1.82) is 0 Å². The van der Waals surface area contributed by atoms with E-state index in [4.69, 9.17) is 19.9 Å². The largest absolute Gasteiger partial charge is 0.493 e. The van der Waals surface area contributed by atoms with Crippen LogP contribution in [0.15, 0.2) is 12.1 Å². The van der Waals surface area contributed by atoms with Crippen LogP contribution < -0.4 is 25.3 Å². The maximum absolute atomic E-state index is 11.7. The molecule has 0 aliphatic rings. The molecule has 1 aromatic carbocycles. The number of hydrogen-bond acceptors (Lipinski definition) is 5. The van der Waals surface area contributed by atoms with Gasteiger partial charge in [-0.1, -0.05) is 6.07 Å². The summed E-state index contributed by atoms with van der Waals surface area (Å²) in [6.07, 6.45) is 1.74. The lowest BCUT2D eigenvalue weighted by atomic mass is 10.1. The molecule has 0 saturated carbocycles. The SMILES string of the molecule is COc1ccc(CCC(=O)NCCCN)c(OC)c1OC.Cl. The van der Waals surface area contributed by atoms with Crippen molar-refractivity contribution in [3.05, 3.63) is 17.7 Å². The molecular weight excluding hydrogens is 308 g/mol. The first-order valence-electron chi connectivity index (χ1n) is 6.92. The topological polar surface area (TPSA) is 82.8 Å². The van der Waals surface area contributed by atoms with Gasteiger partial charge in [-0.15, -0.1) is 12.4 Å². The van der Waals surface area contributed by atoms with Gasteiger partial charge >= 0.3 is 0 Å². The molecule has 1 rings (SSSR count). The van der Waals surface area contributed by atoms with E-state index in [0.29, 0.717) is 43.2 Å². The standard InChI is InChI=1S/C15H24N2O4.ClH/c1-19-12-7-5-11(14(20-2)15(12)21-3)6-8-13(18)17-10-4-9-16;/h5,7H,4,6,8-10,16H2,1-3H3,(H,17,18);1H. The fourth-order valence-corrected chi connectivity index (χ4v) is 2.03. The Morgan fingerprint density at radius 1 is 1.14 bits per heavy atom. The number of carbonyl (C=O) groups is 1. The Morgan fingerprint density at radius 3 is 2.36 bits per heavy atom. The number of rotatable bonds is 9. The second-order valence-electron chi connectivity index (χ2n) is 4.49. The van der Waals surface area contributed by atoms with Gasteiger partial charge in [-0.2, -0.15) is 0 Å². The zero-order valence-electron chi connectivity index (χ0n) is 13.3. The van der Waals surface area contributed by atoms with Crippen molar-refractivity contribution in [2.24, 2.45) is 5.73 Å². The Bertz CT molecular complexity index is 469. The van der Waals surface area contributed by atoms with Gasteiger partial charge in [0.25, 0.3) is 0 Å². The van der Waals surface area contributed by atoms with Gasteiger partial charge in [-0.25, -0.2) is 0 Å². The Labute approximate surface area is 137 Å². The molecule has 0 spiro atoms. The number of hydrogen-bond donors (Lipinski definition) is 2. The molecule has 0 fully saturated rings. The summed E-state index contributed by atoms with van der Waals surface area (Å²) in [7, 11) is 4.70. The van der Waals surface area contributed by atoms with Crippen LogP contribution in [0.25, 0.3) is 0 Å². The molecule has 0 atom stereocenters. The van der Waals surface area contributed by atoms with Crippen LogP contribution in [-0.4, -0.2) is 40.3 Å². The minimum absolute atomic E-state index is 0. The van der Waals surface area contributed by atoms with Gasteiger partial charge in [0.1, 0.15) is 0 Å².